The number of rotatable bonds is 6. The maximum Gasteiger partial charge on any atom is 0.416 e. The third-order valence-corrected chi connectivity index (χ3v) is 5.97. The maximum absolute atomic E-state index is 13.1. The Kier molecular flexibility index (Phi) is 5.54. The molecular formula is C18H20F3N5O2S. The van der Waals surface area contributed by atoms with Gasteiger partial charge in [0.05, 0.1) is 22.6 Å². The molecule has 0 saturated heterocycles. The first kappa shape index (κ1) is 21.1. The minimum atomic E-state index is -4.45. The van der Waals surface area contributed by atoms with Gasteiger partial charge in [-0.3, -0.25) is 4.79 Å². The molecule has 156 valence electrons. The Hall–Kier alpha value is -2.66. The molecule has 3 aromatic rings. The Bertz CT molecular complexity index is 1100. The third-order valence-electron chi connectivity index (χ3n) is 4.61. The molecule has 0 aliphatic heterocycles. The number of hydrogen-bond acceptors (Lipinski definition) is 3. The van der Waals surface area contributed by atoms with Crippen LogP contribution in [-0.2, 0) is 30.8 Å². The van der Waals surface area contributed by atoms with Crippen molar-refractivity contribution in [3.8, 4) is 0 Å². The van der Waals surface area contributed by atoms with Crippen LogP contribution in [0, 0.1) is 0 Å². The van der Waals surface area contributed by atoms with Crippen LogP contribution in [0.4, 0.5) is 13.2 Å². The molecule has 2 heterocycles. The molecule has 7 nitrogen and oxygen atoms in total. The summed E-state index contributed by atoms with van der Waals surface area (Å²) < 4.78 is 57.9. The highest BCUT2D eigenvalue weighted by Gasteiger charge is 2.31. The van der Waals surface area contributed by atoms with E-state index in [9.17, 15) is 22.2 Å². The SMILES string of the molecule is CCn1c([C@@H](C)NS(=O)c2ccc(C(N)=O)n2C)nc2ccc(C(F)(F)F)cc21. The number of nitrogens with one attached hydrogen (secondary N) is 1. The fourth-order valence-corrected chi connectivity index (χ4v) is 4.27. The van der Waals surface area contributed by atoms with E-state index in [0.717, 1.165) is 12.1 Å². The molecule has 3 rings (SSSR count). The van der Waals surface area contributed by atoms with Gasteiger partial charge >= 0.3 is 6.18 Å². The standard InChI is InChI=1S/C18H20F3N5O2S/c1-4-26-14-9-11(18(19,20)21)5-6-12(14)23-17(26)10(2)24-29(28)15-8-7-13(16(22)27)25(15)3/h5-10,24H,4H2,1-3H3,(H2,22,27)/t10-,29?/m1/s1. The lowest BCUT2D eigenvalue weighted by Gasteiger charge is -2.15. The Balaban J connectivity index is 1.93. The monoisotopic (exact) mass is 427 g/mol. The average molecular weight is 427 g/mol. The smallest absolute Gasteiger partial charge is 0.364 e. The summed E-state index contributed by atoms with van der Waals surface area (Å²) in [5.41, 5.74) is 5.51. The zero-order chi connectivity index (χ0) is 21.5. The van der Waals surface area contributed by atoms with E-state index in [1.807, 2.05) is 0 Å². The molecule has 0 spiro atoms. The molecule has 11 heteroatoms. The van der Waals surface area contributed by atoms with Gasteiger partial charge in [-0.2, -0.15) is 13.2 Å². The lowest BCUT2D eigenvalue weighted by Crippen LogP contribution is -2.26. The van der Waals surface area contributed by atoms with E-state index in [2.05, 4.69) is 9.71 Å². The molecule has 0 radical (unpaired) electrons. The van der Waals surface area contributed by atoms with Gasteiger partial charge in [0.15, 0.2) is 0 Å². The first-order valence-corrected chi connectivity index (χ1v) is 9.90. The summed E-state index contributed by atoms with van der Waals surface area (Å²) in [5, 5.41) is 0.337. The number of amides is 1. The highest BCUT2D eigenvalue weighted by Crippen LogP contribution is 2.32. The normalized spacial score (nSPS) is 14.3. The topological polar surface area (TPSA) is 94.9 Å². The number of aryl methyl sites for hydroxylation is 1. The summed E-state index contributed by atoms with van der Waals surface area (Å²) in [6.07, 6.45) is -4.45. The number of primary amides is 1. The van der Waals surface area contributed by atoms with Gasteiger partial charge in [0, 0.05) is 13.6 Å². The van der Waals surface area contributed by atoms with Crippen LogP contribution in [0.2, 0.25) is 0 Å². The molecule has 1 unspecified atom stereocenters. The number of fused-ring (bicyclic) bond motifs is 1. The minimum absolute atomic E-state index is 0.211. The van der Waals surface area contributed by atoms with Gasteiger partial charge in [-0.1, -0.05) is 0 Å². The van der Waals surface area contributed by atoms with E-state index in [-0.39, 0.29) is 5.69 Å². The quantitative estimate of drug-likeness (QED) is 0.633. The van der Waals surface area contributed by atoms with Gasteiger partial charge in [-0.15, -0.1) is 0 Å². The summed E-state index contributed by atoms with van der Waals surface area (Å²) in [7, 11) is -0.131. The molecule has 0 aliphatic carbocycles. The van der Waals surface area contributed by atoms with E-state index in [1.165, 1.54) is 22.8 Å². The minimum Gasteiger partial charge on any atom is -0.364 e. The summed E-state index contributed by atoms with van der Waals surface area (Å²) in [4.78, 5) is 15.8. The van der Waals surface area contributed by atoms with Crippen LogP contribution in [0.15, 0.2) is 35.4 Å². The van der Waals surface area contributed by atoms with Gasteiger partial charge in [0.25, 0.3) is 5.91 Å². The van der Waals surface area contributed by atoms with Crippen molar-refractivity contribution in [1.29, 1.82) is 0 Å². The lowest BCUT2D eigenvalue weighted by atomic mass is 10.2. The van der Waals surface area contributed by atoms with Gasteiger partial charge in [0.2, 0.25) is 0 Å². The molecule has 2 atom stereocenters. The van der Waals surface area contributed by atoms with Crippen molar-refractivity contribution in [2.45, 2.75) is 37.6 Å². The molecule has 1 amide bonds. The van der Waals surface area contributed by atoms with Crippen LogP contribution < -0.4 is 10.5 Å². The summed E-state index contributed by atoms with van der Waals surface area (Å²) in [6, 6.07) is 5.84. The second kappa shape index (κ2) is 7.64. The average Bonchev–Trinajstić information content (AvgIpc) is 3.20. The van der Waals surface area contributed by atoms with Gasteiger partial charge in [0.1, 0.15) is 27.5 Å². The van der Waals surface area contributed by atoms with E-state index in [1.54, 1.807) is 25.5 Å². The number of carbonyl (C=O) groups excluding carboxylic acids is 1. The van der Waals surface area contributed by atoms with E-state index in [4.69, 9.17) is 5.73 Å². The predicted molar refractivity (Wildman–Crippen MR) is 102 cm³/mol. The van der Waals surface area contributed by atoms with Crippen molar-refractivity contribution in [2.24, 2.45) is 12.8 Å². The molecule has 2 aromatic heterocycles. The van der Waals surface area contributed by atoms with Crippen LogP contribution in [-0.4, -0.2) is 24.2 Å². The zero-order valence-corrected chi connectivity index (χ0v) is 16.8. The number of benzene rings is 1. The Morgan fingerprint density at radius 1 is 1.31 bits per heavy atom. The zero-order valence-electron chi connectivity index (χ0n) is 15.9. The Morgan fingerprint density at radius 3 is 2.55 bits per heavy atom. The second-order valence-corrected chi connectivity index (χ2v) is 7.70. The van der Waals surface area contributed by atoms with Crippen LogP contribution in [0.3, 0.4) is 0 Å². The van der Waals surface area contributed by atoms with Crippen LogP contribution in [0.1, 0.15) is 41.8 Å². The number of carbonyl (C=O) groups is 1. The highest BCUT2D eigenvalue weighted by molar-refractivity contribution is 7.83. The number of nitrogens with two attached hydrogens (primary N) is 1. The van der Waals surface area contributed by atoms with Crippen LogP contribution >= 0.6 is 0 Å². The second-order valence-electron chi connectivity index (χ2n) is 6.50. The largest absolute Gasteiger partial charge is 0.416 e. The first-order valence-electron chi connectivity index (χ1n) is 8.75. The third kappa shape index (κ3) is 3.92. The van der Waals surface area contributed by atoms with Crippen LogP contribution in [0.25, 0.3) is 11.0 Å². The van der Waals surface area contributed by atoms with Gasteiger partial charge < -0.3 is 14.9 Å². The van der Waals surface area contributed by atoms with E-state index >= 15 is 0 Å². The number of alkyl halides is 3. The molecule has 1 aromatic carbocycles. The summed E-state index contributed by atoms with van der Waals surface area (Å²) in [5.74, 6) is -0.184. The fraction of sp³-hybridized carbons (Fsp3) is 0.333. The van der Waals surface area contributed by atoms with Crippen molar-refractivity contribution in [2.75, 3.05) is 0 Å². The molecule has 29 heavy (non-hydrogen) atoms. The molecule has 0 bridgehead atoms. The molecule has 3 N–H and O–H groups in total. The predicted octanol–water partition coefficient (Wildman–Crippen LogP) is 2.89. The fourth-order valence-electron chi connectivity index (χ4n) is 3.18. The van der Waals surface area contributed by atoms with Gasteiger partial charge in [-0.05, 0) is 44.2 Å². The number of hydrogen-bond donors (Lipinski definition) is 2. The first-order chi connectivity index (χ1) is 13.5. The van der Waals surface area contributed by atoms with E-state index in [0.29, 0.717) is 28.4 Å². The van der Waals surface area contributed by atoms with Gasteiger partial charge in [-0.25, -0.2) is 13.9 Å². The Labute approximate surface area is 167 Å². The number of aromatic nitrogens is 3. The summed E-state index contributed by atoms with van der Waals surface area (Å²) in [6.45, 7) is 3.90. The Morgan fingerprint density at radius 2 is 2.00 bits per heavy atom. The van der Waals surface area contributed by atoms with Crippen molar-refractivity contribution in [3.05, 3.63) is 47.4 Å². The van der Waals surface area contributed by atoms with E-state index < -0.39 is 34.7 Å². The molecule has 0 aliphatic rings. The van der Waals surface area contributed by atoms with Crippen molar-refractivity contribution >= 4 is 27.9 Å². The summed E-state index contributed by atoms with van der Waals surface area (Å²) >= 11 is 0. The molecular weight excluding hydrogens is 407 g/mol. The maximum atomic E-state index is 13.1. The van der Waals surface area contributed by atoms with Crippen molar-refractivity contribution in [1.82, 2.24) is 18.8 Å². The van der Waals surface area contributed by atoms with Crippen molar-refractivity contribution in [3.63, 3.8) is 0 Å². The van der Waals surface area contributed by atoms with Crippen molar-refractivity contribution < 1.29 is 22.2 Å². The molecule has 0 saturated carbocycles. The highest BCUT2D eigenvalue weighted by atomic mass is 32.2. The molecule has 0 fully saturated rings. The number of imidazole rings is 1. The number of nitrogens with zero attached hydrogens (tertiary/aromatic N) is 3. The van der Waals surface area contributed by atoms with Crippen LogP contribution in [0.5, 0.6) is 0 Å². The lowest BCUT2D eigenvalue weighted by molar-refractivity contribution is -0.137. The number of halogens is 3.